The lowest BCUT2D eigenvalue weighted by Crippen LogP contribution is -2.48. The number of pyridine rings is 1. The van der Waals surface area contributed by atoms with Crippen LogP contribution in [0.5, 0.6) is 0 Å². The Balaban J connectivity index is 1.35. The van der Waals surface area contributed by atoms with Crippen molar-refractivity contribution in [2.24, 2.45) is 11.8 Å². The van der Waals surface area contributed by atoms with E-state index in [4.69, 9.17) is 4.74 Å². The molecule has 0 aromatic carbocycles. The van der Waals surface area contributed by atoms with Crippen LogP contribution in [0.4, 0.5) is 0 Å². The average Bonchev–Trinajstić information content (AvgIpc) is 3.31. The van der Waals surface area contributed by atoms with Crippen LogP contribution >= 0.6 is 0 Å². The quantitative estimate of drug-likeness (QED) is 0.758. The van der Waals surface area contributed by atoms with Gasteiger partial charge in [-0.05, 0) is 62.3 Å². The first-order valence-electron chi connectivity index (χ1n) is 11.2. The van der Waals surface area contributed by atoms with Crippen LogP contribution in [0.15, 0.2) is 36.8 Å². The summed E-state index contributed by atoms with van der Waals surface area (Å²) >= 11 is 0. The molecule has 30 heavy (non-hydrogen) atoms. The summed E-state index contributed by atoms with van der Waals surface area (Å²) in [5.74, 6) is 1.84. The van der Waals surface area contributed by atoms with E-state index < -0.39 is 0 Å². The van der Waals surface area contributed by atoms with Gasteiger partial charge in [-0.1, -0.05) is 12.8 Å². The molecule has 1 N–H and O–H groups in total. The predicted octanol–water partition coefficient (Wildman–Crippen LogP) is 2.91. The average molecular weight is 412 g/mol. The van der Waals surface area contributed by atoms with Gasteiger partial charge in [0, 0.05) is 44.8 Å². The standard InChI is InChI=1S/C23H33N5O2/c1-30-17-18-6-4-12-27(15-18)16-20-7-2-3-8-21(20)26-23(29)19-9-10-22(24-14-19)28-13-5-11-25-28/h5,9-11,13-14,18,20-21H,2-4,6-8,12,15-17H2,1H3,(H,26,29)/t18?,20-,21?/m0/s1. The van der Waals surface area contributed by atoms with Gasteiger partial charge >= 0.3 is 0 Å². The molecule has 2 aromatic heterocycles. The van der Waals surface area contributed by atoms with Gasteiger partial charge in [0.05, 0.1) is 12.2 Å². The minimum Gasteiger partial charge on any atom is -0.384 e. The second-order valence-corrected chi connectivity index (χ2v) is 8.70. The maximum Gasteiger partial charge on any atom is 0.253 e. The molecule has 2 unspecified atom stereocenters. The van der Waals surface area contributed by atoms with E-state index in [9.17, 15) is 4.79 Å². The van der Waals surface area contributed by atoms with Crippen LogP contribution in [-0.4, -0.2) is 65.0 Å². The summed E-state index contributed by atoms with van der Waals surface area (Å²) < 4.78 is 7.07. The lowest BCUT2D eigenvalue weighted by Gasteiger charge is -2.39. The third kappa shape index (κ3) is 5.26. The minimum absolute atomic E-state index is 0.0256. The van der Waals surface area contributed by atoms with Crippen molar-refractivity contribution in [1.82, 2.24) is 25.0 Å². The highest BCUT2D eigenvalue weighted by molar-refractivity contribution is 5.94. The number of methoxy groups -OCH3 is 1. The van der Waals surface area contributed by atoms with E-state index in [-0.39, 0.29) is 11.9 Å². The molecule has 162 valence electrons. The third-order valence-electron chi connectivity index (χ3n) is 6.47. The number of ether oxygens (including phenoxy) is 1. The van der Waals surface area contributed by atoms with Crippen LogP contribution in [0, 0.1) is 11.8 Å². The van der Waals surface area contributed by atoms with Gasteiger partial charge in [-0.15, -0.1) is 0 Å². The van der Waals surface area contributed by atoms with E-state index in [1.54, 1.807) is 24.2 Å². The zero-order valence-corrected chi connectivity index (χ0v) is 17.9. The van der Waals surface area contributed by atoms with Crippen LogP contribution in [0.1, 0.15) is 48.9 Å². The van der Waals surface area contributed by atoms with Crippen molar-refractivity contribution in [3.63, 3.8) is 0 Å². The number of likely N-dealkylation sites (tertiary alicyclic amines) is 1. The Bertz CT molecular complexity index is 790. The number of aromatic nitrogens is 3. The Hall–Kier alpha value is -2.25. The number of hydrogen-bond acceptors (Lipinski definition) is 5. The van der Waals surface area contributed by atoms with E-state index in [0.717, 1.165) is 32.7 Å². The Kier molecular flexibility index (Phi) is 7.12. The predicted molar refractivity (Wildman–Crippen MR) is 116 cm³/mol. The smallest absolute Gasteiger partial charge is 0.253 e. The Morgan fingerprint density at radius 2 is 2.13 bits per heavy atom. The lowest BCUT2D eigenvalue weighted by molar-refractivity contribution is 0.0697. The molecule has 0 bridgehead atoms. The van der Waals surface area contributed by atoms with E-state index in [1.165, 1.54) is 32.1 Å². The number of carbonyl (C=O) groups is 1. The summed E-state index contributed by atoms with van der Waals surface area (Å²) in [6, 6.07) is 5.76. The second kappa shape index (κ2) is 10.2. The van der Waals surface area contributed by atoms with Crippen molar-refractivity contribution in [3.05, 3.63) is 42.4 Å². The van der Waals surface area contributed by atoms with Gasteiger partial charge in [0.25, 0.3) is 5.91 Å². The monoisotopic (exact) mass is 411 g/mol. The van der Waals surface area contributed by atoms with Gasteiger partial charge in [0.2, 0.25) is 0 Å². The Labute approximate surface area is 178 Å². The first kappa shape index (κ1) is 21.0. The molecule has 3 heterocycles. The molecular weight excluding hydrogens is 378 g/mol. The number of amides is 1. The molecule has 7 heteroatoms. The highest BCUT2D eigenvalue weighted by Gasteiger charge is 2.30. The first-order chi connectivity index (χ1) is 14.7. The van der Waals surface area contributed by atoms with Crippen molar-refractivity contribution in [1.29, 1.82) is 0 Å². The molecule has 3 atom stereocenters. The van der Waals surface area contributed by atoms with Gasteiger partial charge in [-0.25, -0.2) is 9.67 Å². The molecule has 2 aliphatic rings. The number of carbonyl (C=O) groups excluding carboxylic acids is 1. The van der Waals surface area contributed by atoms with Crippen molar-refractivity contribution in [2.45, 2.75) is 44.6 Å². The van der Waals surface area contributed by atoms with Crippen molar-refractivity contribution in [2.75, 3.05) is 33.4 Å². The fourth-order valence-corrected chi connectivity index (χ4v) is 4.95. The largest absolute Gasteiger partial charge is 0.384 e. The number of rotatable bonds is 7. The number of nitrogens with one attached hydrogen (secondary N) is 1. The second-order valence-electron chi connectivity index (χ2n) is 8.70. The topological polar surface area (TPSA) is 72.3 Å². The van der Waals surface area contributed by atoms with E-state index in [2.05, 4.69) is 20.3 Å². The molecule has 0 spiro atoms. The van der Waals surface area contributed by atoms with Crippen LogP contribution in [0.3, 0.4) is 0 Å². The summed E-state index contributed by atoms with van der Waals surface area (Å²) in [6.45, 7) is 4.20. The van der Waals surface area contributed by atoms with Crippen LogP contribution in [-0.2, 0) is 4.74 Å². The van der Waals surface area contributed by atoms with Gasteiger partial charge in [-0.2, -0.15) is 5.10 Å². The molecule has 1 amide bonds. The van der Waals surface area contributed by atoms with Gasteiger partial charge in [-0.3, -0.25) is 4.79 Å². The normalized spacial score (nSPS) is 25.2. The minimum atomic E-state index is -0.0256. The maximum absolute atomic E-state index is 12.9. The van der Waals surface area contributed by atoms with E-state index in [0.29, 0.717) is 23.2 Å². The number of hydrogen-bond donors (Lipinski definition) is 1. The summed E-state index contributed by atoms with van der Waals surface area (Å²) in [6.07, 6.45) is 12.4. The fourth-order valence-electron chi connectivity index (χ4n) is 4.95. The first-order valence-corrected chi connectivity index (χ1v) is 11.2. The summed E-state index contributed by atoms with van der Waals surface area (Å²) in [4.78, 5) is 19.9. The molecule has 1 aliphatic carbocycles. The van der Waals surface area contributed by atoms with E-state index in [1.807, 2.05) is 24.4 Å². The number of nitrogens with zero attached hydrogens (tertiary/aromatic N) is 4. The molecule has 1 aliphatic heterocycles. The fraction of sp³-hybridized carbons (Fsp3) is 0.609. The zero-order valence-electron chi connectivity index (χ0n) is 17.9. The highest BCUT2D eigenvalue weighted by atomic mass is 16.5. The zero-order chi connectivity index (χ0) is 20.8. The molecule has 1 saturated heterocycles. The van der Waals surface area contributed by atoms with Gasteiger partial charge in [0.1, 0.15) is 0 Å². The third-order valence-corrected chi connectivity index (χ3v) is 6.47. The summed E-state index contributed by atoms with van der Waals surface area (Å²) in [7, 11) is 1.79. The molecule has 0 radical (unpaired) electrons. The van der Waals surface area contributed by atoms with Gasteiger partial charge in [0.15, 0.2) is 5.82 Å². The lowest BCUT2D eigenvalue weighted by atomic mass is 9.83. The molecule has 4 rings (SSSR count). The number of piperidine rings is 1. The molecule has 2 aromatic rings. The van der Waals surface area contributed by atoms with Crippen molar-refractivity contribution < 1.29 is 9.53 Å². The SMILES string of the molecule is COCC1CCCN(C[C@@H]2CCCCC2NC(=O)c2ccc(-n3cccn3)nc2)C1. The van der Waals surface area contributed by atoms with Crippen molar-refractivity contribution >= 4 is 5.91 Å². The molecule has 2 fully saturated rings. The summed E-state index contributed by atoms with van der Waals surface area (Å²) in [5.41, 5.74) is 0.605. The van der Waals surface area contributed by atoms with Gasteiger partial charge < -0.3 is 15.0 Å². The van der Waals surface area contributed by atoms with Crippen LogP contribution in [0.25, 0.3) is 5.82 Å². The molecule has 7 nitrogen and oxygen atoms in total. The van der Waals surface area contributed by atoms with Crippen molar-refractivity contribution in [3.8, 4) is 5.82 Å². The van der Waals surface area contributed by atoms with E-state index >= 15 is 0 Å². The molecular formula is C23H33N5O2. The van der Waals surface area contributed by atoms with Crippen LogP contribution in [0.2, 0.25) is 0 Å². The Morgan fingerprint density at radius 3 is 2.90 bits per heavy atom. The van der Waals surface area contributed by atoms with Crippen LogP contribution < -0.4 is 5.32 Å². The Morgan fingerprint density at radius 1 is 1.23 bits per heavy atom. The summed E-state index contributed by atoms with van der Waals surface area (Å²) in [5, 5.41) is 7.49. The highest BCUT2D eigenvalue weighted by Crippen LogP contribution is 2.27. The maximum atomic E-state index is 12.9. The molecule has 1 saturated carbocycles.